The van der Waals surface area contributed by atoms with Crippen LogP contribution in [0.4, 0.5) is 0 Å². The molecule has 0 aliphatic carbocycles. The monoisotopic (exact) mass is 227 g/mol. The Balaban J connectivity index is 2.36. The second-order valence-electron chi connectivity index (χ2n) is 3.15. The molecule has 0 unspecified atom stereocenters. The third kappa shape index (κ3) is 2.39. The molecule has 0 saturated heterocycles. The van der Waals surface area contributed by atoms with Crippen molar-refractivity contribution in [1.82, 2.24) is 0 Å². The molecule has 2 rings (SSSR count). The van der Waals surface area contributed by atoms with Crippen LogP contribution in [0.25, 0.3) is 0 Å². The quantitative estimate of drug-likeness (QED) is 0.596. The summed E-state index contributed by atoms with van der Waals surface area (Å²) in [4.78, 5) is 0. The second-order valence-corrected chi connectivity index (χ2v) is 4.95. The van der Waals surface area contributed by atoms with Crippen molar-refractivity contribution in [1.29, 1.82) is 5.26 Å². The fourth-order valence-corrected chi connectivity index (χ4v) is 2.90. The SMILES string of the molecule is N#COP(c1ccccc1)c1ccccc1. The van der Waals surface area contributed by atoms with Gasteiger partial charge in [0.15, 0.2) is 8.15 Å². The average molecular weight is 227 g/mol. The van der Waals surface area contributed by atoms with Crippen LogP contribution in [0.3, 0.4) is 0 Å². The van der Waals surface area contributed by atoms with Gasteiger partial charge in [0.2, 0.25) is 0 Å². The zero-order valence-corrected chi connectivity index (χ0v) is 9.47. The minimum atomic E-state index is -1.01. The largest absolute Gasteiger partial charge is 0.397 e. The highest BCUT2D eigenvalue weighted by Crippen LogP contribution is 2.33. The summed E-state index contributed by atoms with van der Waals surface area (Å²) in [6, 6.07) is 19.6. The van der Waals surface area contributed by atoms with Crippen LogP contribution in [0, 0.1) is 11.5 Å². The maximum Gasteiger partial charge on any atom is 0.289 e. The van der Waals surface area contributed by atoms with Crippen molar-refractivity contribution in [3.63, 3.8) is 0 Å². The van der Waals surface area contributed by atoms with Gasteiger partial charge in [-0.1, -0.05) is 60.7 Å². The van der Waals surface area contributed by atoms with E-state index in [4.69, 9.17) is 9.79 Å². The molecule has 0 amide bonds. The van der Waals surface area contributed by atoms with Gasteiger partial charge in [-0.25, -0.2) is 0 Å². The highest BCUT2D eigenvalue weighted by atomic mass is 31.1. The van der Waals surface area contributed by atoms with Crippen LogP contribution < -0.4 is 10.6 Å². The van der Waals surface area contributed by atoms with E-state index in [0.717, 1.165) is 10.6 Å². The Labute approximate surface area is 95.9 Å². The maximum absolute atomic E-state index is 8.70. The van der Waals surface area contributed by atoms with Gasteiger partial charge in [-0.3, -0.25) is 0 Å². The molecule has 3 heteroatoms. The second kappa shape index (κ2) is 5.30. The first-order valence-electron chi connectivity index (χ1n) is 4.88. The van der Waals surface area contributed by atoms with Crippen molar-refractivity contribution in [2.75, 3.05) is 0 Å². The van der Waals surface area contributed by atoms with Crippen LogP contribution in [-0.2, 0) is 4.52 Å². The Hall–Kier alpha value is -1.84. The van der Waals surface area contributed by atoms with Gasteiger partial charge in [0.25, 0.3) is 6.26 Å². The molecule has 0 saturated carbocycles. The molecule has 2 aromatic carbocycles. The first kappa shape index (κ1) is 10.7. The topological polar surface area (TPSA) is 33.0 Å². The summed E-state index contributed by atoms with van der Waals surface area (Å²) < 4.78 is 5.18. The van der Waals surface area contributed by atoms with Crippen molar-refractivity contribution in [2.24, 2.45) is 0 Å². The minimum Gasteiger partial charge on any atom is -0.397 e. The van der Waals surface area contributed by atoms with Crippen molar-refractivity contribution < 1.29 is 4.52 Å². The molecular weight excluding hydrogens is 217 g/mol. The highest BCUT2D eigenvalue weighted by Gasteiger charge is 2.15. The van der Waals surface area contributed by atoms with E-state index in [1.807, 2.05) is 60.7 Å². The number of nitriles is 1. The summed E-state index contributed by atoms with van der Waals surface area (Å²) in [6.07, 6.45) is 1.79. The van der Waals surface area contributed by atoms with E-state index in [-0.39, 0.29) is 0 Å². The van der Waals surface area contributed by atoms with Crippen LogP contribution in [0.1, 0.15) is 0 Å². The van der Waals surface area contributed by atoms with E-state index < -0.39 is 8.15 Å². The Bertz CT molecular complexity index is 439. The smallest absolute Gasteiger partial charge is 0.289 e. The van der Waals surface area contributed by atoms with E-state index >= 15 is 0 Å². The number of hydrogen-bond donors (Lipinski definition) is 0. The van der Waals surface area contributed by atoms with E-state index in [9.17, 15) is 0 Å². The fourth-order valence-electron chi connectivity index (χ4n) is 1.42. The van der Waals surface area contributed by atoms with Gasteiger partial charge in [0.05, 0.1) is 0 Å². The predicted molar refractivity (Wildman–Crippen MR) is 65.8 cm³/mol. The number of rotatable bonds is 3. The molecule has 0 atom stereocenters. The Morgan fingerprint density at radius 1 is 0.812 bits per heavy atom. The van der Waals surface area contributed by atoms with Crippen LogP contribution in [0.5, 0.6) is 0 Å². The average Bonchev–Trinajstić information content (AvgIpc) is 2.38. The number of benzene rings is 2. The molecule has 0 bridgehead atoms. The summed E-state index contributed by atoms with van der Waals surface area (Å²) >= 11 is 0. The van der Waals surface area contributed by atoms with Crippen LogP contribution >= 0.6 is 8.15 Å². The van der Waals surface area contributed by atoms with Crippen molar-refractivity contribution in [2.45, 2.75) is 0 Å². The van der Waals surface area contributed by atoms with E-state index in [0.29, 0.717) is 0 Å². The number of hydrogen-bond acceptors (Lipinski definition) is 2. The molecule has 0 aromatic heterocycles. The van der Waals surface area contributed by atoms with E-state index in [2.05, 4.69) is 0 Å². The van der Waals surface area contributed by atoms with E-state index in [1.165, 1.54) is 0 Å². The first-order chi connectivity index (χ1) is 7.92. The zero-order valence-electron chi connectivity index (χ0n) is 8.58. The summed E-state index contributed by atoms with van der Waals surface area (Å²) in [5, 5.41) is 10.8. The lowest BCUT2D eigenvalue weighted by Gasteiger charge is -2.13. The van der Waals surface area contributed by atoms with E-state index in [1.54, 1.807) is 6.26 Å². The Morgan fingerprint density at radius 2 is 1.25 bits per heavy atom. The predicted octanol–water partition coefficient (Wildman–Crippen LogP) is 2.53. The third-order valence-corrected chi connectivity index (χ3v) is 3.91. The zero-order chi connectivity index (χ0) is 11.2. The Kier molecular flexibility index (Phi) is 3.53. The van der Waals surface area contributed by atoms with Crippen LogP contribution in [0.15, 0.2) is 60.7 Å². The molecule has 78 valence electrons. The molecule has 2 aromatic rings. The molecule has 16 heavy (non-hydrogen) atoms. The molecule has 0 spiro atoms. The normalized spacial score (nSPS) is 9.75. The lowest BCUT2D eigenvalue weighted by molar-refractivity contribution is 0.578. The fraction of sp³-hybridized carbons (Fsp3) is 0. The molecule has 2 nitrogen and oxygen atoms in total. The molecule has 0 N–H and O–H groups in total. The molecule has 0 aliphatic rings. The van der Waals surface area contributed by atoms with Gasteiger partial charge in [-0.2, -0.15) is 5.26 Å². The summed E-state index contributed by atoms with van der Waals surface area (Å²) in [5.74, 6) is 0. The van der Waals surface area contributed by atoms with Crippen molar-refractivity contribution >= 4 is 18.8 Å². The maximum atomic E-state index is 8.70. The van der Waals surface area contributed by atoms with Gasteiger partial charge in [0.1, 0.15) is 0 Å². The molecular formula is C13H10NOP. The van der Waals surface area contributed by atoms with Gasteiger partial charge < -0.3 is 4.52 Å². The highest BCUT2D eigenvalue weighted by molar-refractivity contribution is 7.68. The van der Waals surface area contributed by atoms with Gasteiger partial charge in [-0.15, -0.1) is 0 Å². The molecule has 0 aliphatic heterocycles. The lowest BCUT2D eigenvalue weighted by Crippen LogP contribution is -2.11. The summed E-state index contributed by atoms with van der Waals surface area (Å²) in [6.45, 7) is 0. The molecule has 0 fully saturated rings. The lowest BCUT2D eigenvalue weighted by atomic mass is 10.4. The first-order valence-corrected chi connectivity index (χ1v) is 6.14. The molecule has 0 radical (unpaired) electrons. The summed E-state index contributed by atoms with van der Waals surface area (Å²) in [7, 11) is -1.01. The van der Waals surface area contributed by atoms with Crippen molar-refractivity contribution in [3.05, 3.63) is 60.7 Å². The van der Waals surface area contributed by atoms with Gasteiger partial charge in [-0.05, 0) is 0 Å². The van der Waals surface area contributed by atoms with Gasteiger partial charge >= 0.3 is 0 Å². The Morgan fingerprint density at radius 3 is 1.62 bits per heavy atom. The minimum absolute atomic E-state index is 1.01. The number of nitrogens with zero attached hydrogens (tertiary/aromatic N) is 1. The third-order valence-electron chi connectivity index (χ3n) is 2.11. The standard InChI is InChI=1S/C13H10NOP/c14-11-15-16(12-7-3-1-4-8-12)13-9-5-2-6-10-13/h1-10H. The van der Waals surface area contributed by atoms with Crippen LogP contribution in [-0.4, -0.2) is 0 Å². The van der Waals surface area contributed by atoms with Crippen LogP contribution in [0.2, 0.25) is 0 Å². The molecule has 0 heterocycles. The summed E-state index contributed by atoms with van der Waals surface area (Å²) in [5.41, 5.74) is 0. The van der Waals surface area contributed by atoms with Crippen molar-refractivity contribution in [3.8, 4) is 6.26 Å². The van der Waals surface area contributed by atoms with Gasteiger partial charge in [0, 0.05) is 10.6 Å².